The van der Waals surface area contributed by atoms with Crippen LogP contribution in [-0.2, 0) is 14.3 Å². The van der Waals surface area contributed by atoms with Crippen molar-refractivity contribution in [1.82, 2.24) is 10.2 Å². The number of alkyl halides is 4. The lowest BCUT2D eigenvalue weighted by molar-refractivity contribution is -0.342. The smallest absolute Gasteiger partial charge is 0.331 e. The van der Waals surface area contributed by atoms with Crippen LogP contribution in [0.2, 0.25) is 0 Å². The van der Waals surface area contributed by atoms with Crippen molar-refractivity contribution >= 4 is 29.0 Å². The summed E-state index contributed by atoms with van der Waals surface area (Å²) in [6.07, 6.45) is -0.355. The summed E-state index contributed by atoms with van der Waals surface area (Å²) in [5, 5.41) is 0.406. The average Bonchev–Trinajstić information content (AvgIpc) is 2.67. The molecule has 1 N–H and O–H groups in total. The first-order chi connectivity index (χ1) is 14.1. The maximum Gasteiger partial charge on any atom is 0.524 e. The van der Waals surface area contributed by atoms with Crippen molar-refractivity contribution in [3.63, 3.8) is 0 Å². The van der Waals surface area contributed by atoms with E-state index in [2.05, 4.69) is 10.1 Å². The van der Waals surface area contributed by atoms with Gasteiger partial charge in [-0.1, -0.05) is 48.0 Å². The molecular formula is C21H22ClF3N2O3. The number of benzene rings is 1. The Morgan fingerprint density at radius 2 is 1.90 bits per heavy atom. The van der Waals surface area contributed by atoms with Gasteiger partial charge in [-0.3, -0.25) is 14.3 Å². The Labute approximate surface area is 177 Å². The molecular weight excluding hydrogens is 421 g/mol. The van der Waals surface area contributed by atoms with Crippen LogP contribution >= 0.6 is 11.6 Å². The van der Waals surface area contributed by atoms with E-state index in [1.807, 2.05) is 0 Å². The molecule has 0 radical (unpaired) electrons. The summed E-state index contributed by atoms with van der Waals surface area (Å²) >= 11 is 6.34. The standard InChI is InChI=1S/C21H22ClF3N2O3/c1-14(28)27-12-6-5-9-18(27)19(29)26-16-10-11-17(15-7-3-2-4-8-15)20(22,13-16)30-21(23,24)25/h2-4,7-8,10-11,18H,5-6,9,12-13H2,1H3,(H,26,29). The van der Waals surface area contributed by atoms with Crippen molar-refractivity contribution in [3.8, 4) is 0 Å². The molecule has 0 saturated carbocycles. The Bertz CT molecular complexity index is 870. The fourth-order valence-corrected chi connectivity index (χ4v) is 4.22. The van der Waals surface area contributed by atoms with Crippen molar-refractivity contribution in [2.24, 2.45) is 0 Å². The molecule has 1 aromatic carbocycles. The number of halogens is 4. The van der Waals surface area contributed by atoms with Crippen LogP contribution < -0.4 is 5.32 Å². The highest BCUT2D eigenvalue weighted by Gasteiger charge is 2.47. The largest absolute Gasteiger partial charge is 0.524 e. The van der Waals surface area contributed by atoms with Crippen LogP contribution in [0.15, 0.2) is 48.2 Å². The summed E-state index contributed by atoms with van der Waals surface area (Å²) in [5.74, 6) is -0.662. The quantitative estimate of drug-likeness (QED) is 0.705. The van der Waals surface area contributed by atoms with E-state index in [0.29, 0.717) is 18.5 Å². The number of nitrogens with zero attached hydrogens (tertiary/aromatic N) is 1. The Morgan fingerprint density at radius 3 is 2.53 bits per heavy atom. The maximum atomic E-state index is 13.1. The minimum atomic E-state index is -4.98. The molecule has 5 nitrogen and oxygen atoms in total. The molecule has 2 aliphatic rings. The minimum Gasteiger partial charge on any atom is -0.331 e. The van der Waals surface area contributed by atoms with Gasteiger partial charge >= 0.3 is 6.36 Å². The summed E-state index contributed by atoms with van der Waals surface area (Å²) in [4.78, 5) is 26.1. The molecule has 0 bridgehead atoms. The number of piperidine rings is 1. The second kappa shape index (κ2) is 8.81. The van der Waals surface area contributed by atoms with Gasteiger partial charge < -0.3 is 10.2 Å². The fourth-order valence-electron chi connectivity index (χ4n) is 3.82. The van der Waals surface area contributed by atoms with Crippen LogP contribution in [0.4, 0.5) is 13.2 Å². The van der Waals surface area contributed by atoms with Gasteiger partial charge in [-0.2, -0.15) is 0 Å². The number of likely N-dealkylation sites (tertiary alicyclic amines) is 1. The first kappa shape index (κ1) is 22.4. The Morgan fingerprint density at radius 1 is 1.20 bits per heavy atom. The second-order valence-electron chi connectivity index (χ2n) is 7.30. The number of nitrogens with one attached hydrogen (secondary N) is 1. The first-order valence-corrected chi connectivity index (χ1v) is 9.97. The molecule has 0 aromatic heterocycles. The van der Waals surface area contributed by atoms with Gasteiger partial charge in [-0.25, -0.2) is 0 Å². The van der Waals surface area contributed by atoms with Crippen LogP contribution in [0.1, 0.15) is 38.2 Å². The van der Waals surface area contributed by atoms with E-state index in [1.54, 1.807) is 30.3 Å². The summed E-state index contributed by atoms with van der Waals surface area (Å²) in [5.41, 5.74) is 0.810. The number of ether oxygens (including phenoxy) is 1. The highest BCUT2D eigenvalue weighted by atomic mass is 35.5. The topological polar surface area (TPSA) is 58.6 Å². The number of amides is 2. The Kier molecular flexibility index (Phi) is 6.57. The molecule has 30 heavy (non-hydrogen) atoms. The number of hydrogen-bond acceptors (Lipinski definition) is 3. The van der Waals surface area contributed by atoms with Crippen LogP contribution in [0.3, 0.4) is 0 Å². The third kappa shape index (κ3) is 5.23. The second-order valence-corrected chi connectivity index (χ2v) is 7.92. The van der Waals surface area contributed by atoms with E-state index < -0.39 is 29.8 Å². The number of hydrogen-bond donors (Lipinski definition) is 1. The van der Waals surface area contributed by atoms with Gasteiger partial charge in [0.15, 0.2) is 5.06 Å². The van der Waals surface area contributed by atoms with Gasteiger partial charge in [-0.15, -0.1) is 13.2 Å². The fraction of sp³-hybridized carbons (Fsp3) is 0.429. The van der Waals surface area contributed by atoms with Crippen molar-refractivity contribution < 1.29 is 27.5 Å². The Hall–Kier alpha value is -2.32. The van der Waals surface area contributed by atoms with Gasteiger partial charge in [0.05, 0.1) is 0 Å². The lowest BCUT2D eigenvalue weighted by Gasteiger charge is -2.36. The molecule has 1 saturated heterocycles. The third-order valence-electron chi connectivity index (χ3n) is 5.13. The molecule has 3 rings (SSSR count). The molecule has 162 valence electrons. The lowest BCUT2D eigenvalue weighted by atomic mass is 9.92. The van der Waals surface area contributed by atoms with E-state index in [0.717, 1.165) is 12.8 Å². The van der Waals surface area contributed by atoms with Crippen molar-refractivity contribution in [3.05, 3.63) is 53.7 Å². The molecule has 1 fully saturated rings. The zero-order valence-electron chi connectivity index (χ0n) is 16.3. The van der Waals surface area contributed by atoms with E-state index in [4.69, 9.17) is 11.6 Å². The van der Waals surface area contributed by atoms with E-state index in [9.17, 15) is 22.8 Å². The molecule has 1 aromatic rings. The average molecular weight is 443 g/mol. The van der Waals surface area contributed by atoms with Crippen molar-refractivity contribution in [1.29, 1.82) is 0 Å². The molecule has 2 amide bonds. The normalized spacial score (nSPS) is 24.7. The molecule has 1 aliphatic carbocycles. The SMILES string of the molecule is CC(=O)N1CCCCC1C(=O)NC1=CC=C(c2ccccc2)C(Cl)(OC(F)(F)F)C1. The Balaban J connectivity index is 1.85. The number of carbonyl (C=O) groups is 2. The van der Waals surface area contributed by atoms with Crippen LogP contribution in [0.5, 0.6) is 0 Å². The summed E-state index contributed by atoms with van der Waals surface area (Å²) in [6, 6.07) is 7.70. The zero-order chi connectivity index (χ0) is 21.9. The van der Waals surface area contributed by atoms with E-state index in [1.165, 1.54) is 24.0 Å². The molecule has 1 heterocycles. The summed E-state index contributed by atoms with van der Waals surface area (Å²) in [6.45, 7) is 1.86. The van der Waals surface area contributed by atoms with Gasteiger partial charge in [0.1, 0.15) is 6.04 Å². The molecule has 1 aliphatic heterocycles. The minimum absolute atomic E-state index is 0.142. The molecule has 9 heteroatoms. The molecule has 2 unspecified atom stereocenters. The summed E-state index contributed by atoms with van der Waals surface area (Å²) in [7, 11) is 0. The highest BCUT2D eigenvalue weighted by molar-refractivity contribution is 6.29. The van der Waals surface area contributed by atoms with Gasteiger partial charge in [0.2, 0.25) is 11.8 Å². The van der Waals surface area contributed by atoms with E-state index in [-0.39, 0.29) is 17.2 Å². The van der Waals surface area contributed by atoms with E-state index >= 15 is 0 Å². The van der Waals surface area contributed by atoms with Gasteiger partial charge in [0.25, 0.3) is 0 Å². The zero-order valence-corrected chi connectivity index (χ0v) is 17.1. The lowest BCUT2D eigenvalue weighted by Crippen LogP contribution is -2.51. The third-order valence-corrected chi connectivity index (χ3v) is 5.54. The molecule has 0 spiro atoms. The predicted octanol–water partition coefficient (Wildman–Crippen LogP) is 4.35. The molecule has 2 atom stereocenters. The van der Waals surface area contributed by atoms with Gasteiger partial charge in [0, 0.05) is 31.2 Å². The monoisotopic (exact) mass is 442 g/mol. The van der Waals surface area contributed by atoms with Crippen molar-refractivity contribution in [2.75, 3.05) is 6.54 Å². The van der Waals surface area contributed by atoms with Crippen LogP contribution in [-0.4, -0.2) is 40.7 Å². The number of rotatable bonds is 4. The number of carbonyl (C=O) groups excluding carboxylic acids is 2. The maximum absolute atomic E-state index is 13.1. The first-order valence-electron chi connectivity index (χ1n) is 9.60. The van der Waals surface area contributed by atoms with Crippen molar-refractivity contribution in [2.45, 2.75) is 50.1 Å². The summed E-state index contributed by atoms with van der Waals surface area (Å²) < 4.78 is 43.6. The predicted molar refractivity (Wildman–Crippen MR) is 106 cm³/mol. The van der Waals surface area contributed by atoms with Gasteiger partial charge in [-0.05, 0) is 30.9 Å². The number of allylic oxidation sites excluding steroid dienone is 2. The highest BCUT2D eigenvalue weighted by Crippen LogP contribution is 2.45. The van der Waals surface area contributed by atoms with Crippen LogP contribution in [0, 0.1) is 0 Å². The van der Waals surface area contributed by atoms with Crippen LogP contribution in [0.25, 0.3) is 5.57 Å².